The van der Waals surface area contributed by atoms with Crippen LogP contribution in [0.5, 0.6) is 0 Å². The van der Waals surface area contributed by atoms with Crippen LogP contribution >= 0.6 is 0 Å². The molecule has 0 saturated heterocycles. The van der Waals surface area contributed by atoms with Gasteiger partial charge in [-0.3, -0.25) is 9.59 Å². The summed E-state index contributed by atoms with van der Waals surface area (Å²) in [5.41, 5.74) is 4.15. The zero-order chi connectivity index (χ0) is 22.3. The van der Waals surface area contributed by atoms with Crippen molar-refractivity contribution in [2.45, 2.75) is 20.4 Å². The Morgan fingerprint density at radius 1 is 1.23 bits per heavy atom. The van der Waals surface area contributed by atoms with Crippen LogP contribution in [0.4, 0.5) is 10.2 Å². The summed E-state index contributed by atoms with van der Waals surface area (Å²) in [7, 11) is 3.69. The largest absolute Gasteiger partial charge is 0.371 e. The van der Waals surface area contributed by atoms with E-state index in [-0.39, 0.29) is 6.54 Å². The van der Waals surface area contributed by atoms with Crippen molar-refractivity contribution in [3.8, 4) is 11.3 Å². The minimum absolute atomic E-state index is 0.0520. The van der Waals surface area contributed by atoms with Crippen molar-refractivity contribution in [2.75, 3.05) is 12.4 Å². The predicted octanol–water partition coefficient (Wildman–Crippen LogP) is 3.14. The van der Waals surface area contributed by atoms with Crippen LogP contribution in [0.25, 0.3) is 33.3 Å². The Labute approximate surface area is 177 Å². The third kappa shape index (κ3) is 3.74. The SMILES string of the molecule is CNc1nc2[nH]c(-c3cc(F)cc(CNC(=O)C(=O)C(C)C)c3)cc2c2c1ncn2C. The molecule has 0 radical (unpaired) electrons. The van der Waals surface area contributed by atoms with E-state index >= 15 is 0 Å². The highest BCUT2D eigenvalue weighted by Gasteiger charge is 2.18. The molecule has 4 aromatic rings. The monoisotopic (exact) mass is 422 g/mol. The second-order valence-corrected chi connectivity index (χ2v) is 7.76. The minimum atomic E-state index is -0.672. The number of fused-ring (bicyclic) bond motifs is 3. The number of halogens is 1. The Kier molecular flexibility index (Phi) is 5.18. The summed E-state index contributed by atoms with van der Waals surface area (Å²) < 4.78 is 16.2. The van der Waals surface area contributed by atoms with Gasteiger partial charge in [0.2, 0.25) is 5.78 Å². The lowest BCUT2D eigenvalue weighted by Gasteiger charge is -2.08. The van der Waals surface area contributed by atoms with E-state index in [1.54, 1.807) is 33.3 Å². The Bertz CT molecular complexity index is 1320. The molecule has 0 unspecified atom stereocenters. The van der Waals surface area contributed by atoms with Gasteiger partial charge < -0.3 is 20.2 Å². The molecule has 4 rings (SSSR count). The third-order valence-corrected chi connectivity index (χ3v) is 5.14. The summed E-state index contributed by atoms with van der Waals surface area (Å²) in [6.07, 6.45) is 1.72. The van der Waals surface area contributed by atoms with Crippen LogP contribution < -0.4 is 10.6 Å². The number of amides is 1. The maximum atomic E-state index is 14.3. The minimum Gasteiger partial charge on any atom is -0.371 e. The smallest absolute Gasteiger partial charge is 0.287 e. The van der Waals surface area contributed by atoms with Crippen molar-refractivity contribution in [3.05, 3.63) is 42.0 Å². The van der Waals surface area contributed by atoms with Gasteiger partial charge in [-0.15, -0.1) is 0 Å². The number of rotatable bonds is 6. The maximum Gasteiger partial charge on any atom is 0.287 e. The van der Waals surface area contributed by atoms with Crippen molar-refractivity contribution in [1.29, 1.82) is 0 Å². The van der Waals surface area contributed by atoms with E-state index in [2.05, 4.69) is 25.6 Å². The van der Waals surface area contributed by atoms with Crippen molar-refractivity contribution in [1.82, 2.24) is 24.8 Å². The van der Waals surface area contributed by atoms with Crippen LogP contribution in [0.1, 0.15) is 19.4 Å². The van der Waals surface area contributed by atoms with Gasteiger partial charge in [-0.05, 0) is 29.8 Å². The second-order valence-electron chi connectivity index (χ2n) is 7.76. The molecule has 31 heavy (non-hydrogen) atoms. The molecule has 0 aliphatic carbocycles. The Morgan fingerprint density at radius 3 is 2.71 bits per heavy atom. The maximum absolute atomic E-state index is 14.3. The van der Waals surface area contributed by atoms with E-state index in [1.807, 2.05) is 17.7 Å². The van der Waals surface area contributed by atoms with Gasteiger partial charge >= 0.3 is 0 Å². The molecule has 0 fully saturated rings. The van der Waals surface area contributed by atoms with E-state index in [0.717, 1.165) is 16.4 Å². The first-order valence-electron chi connectivity index (χ1n) is 9.92. The fraction of sp³-hybridized carbons (Fsp3) is 0.273. The average Bonchev–Trinajstić information content (AvgIpc) is 3.33. The summed E-state index contributed by atoms with van der Waals surface area (Å²) in [5.74, 6) is -1.36. The number of aromatic amines is 1. The van der Waals surface area contributed by atoms with E-state index in [9.17, 15) is 14.0 Å². The number of carbonyl (C=O) groups is 2. The number of nitrogens with zero attached hydrogens (tertiary/aromatic N) is 3. The highest BCUT2D eigenvalue weighted by Crippen LogP contribution is 2.32. The molecule has 8 nitrogen and oxygen atoms in total. The number of Topliss-reactive ketones (excluding diaryl/α,β-unsaturated/α-hetero) is 1. The van der Waals surface area contributed by atoms with Crippen LogP contribution in [-0.2, 0) is 23.2 Å². The third-order valence-electron chi connectivity index (χ3n) is 5.14. The van der Waals surface area contributed by atoms with Crippen LogP contribution in [-0.4, -0.2) is 38.3 Å². The molecule has 0 aliphatic heterocycles. The summed E-state index contributed by atoms with van der Waals surface area (Å²) >= 11 is 0. The van der Waals surface area contributed by atoms with Crippen molar-refractivity contribution < 1.29 is 14.0 Å². The number of aromatic nitrogens is 4. The lowest BCUT2D eigenvalue weighted by molar-refractivity contribution is -0.139. The van der Waals surface area contributed by atoms with E-state index in [0.29, 0.717) is 28.3 Å². The number of benzene rings is 1. The Hall–Kier alpha value is -3.75. The number of anilines is 1. The van der Waals surface area contributed by atoms with Gasteiger partial charge in [0.25, 0.3) is 5.91 Å². The van der Waals surface area contributed by atoms with Crippen molar-refractivity contribution >= 4 is 39.6 Å². The molecule has 0 bridgehead atoms. The highest BCUT2D eigenvalue weighted by molar-refractivity contribution is 6.36. The van der Waals surface area contributed by atoms with Crippen molar-refractivity contribution in [2.24, 2.45) is 13.0 Å². The molecule has 0 atom stereocenters. The summed E-state index contributed by atoms with van der Waals surface area (Å²) in [4.78, 5) is 35.9. The zero-order valence-corrected chi connectivity index (χ0v) is 17.7. The number of nitrogens with one attached hydrogen (secondary N) is 3. The molecule has 0 saturated carbocycles. The molecule has 9 heteroatoms. The second kappa shape index (κ2) is 7.82. The van der Waals surface area contributed by atoms with Crippen molar-refractivity contribution in [3.63, 3.8) is 0 Å². The van der Waals surface area contributed by atoms with E-state index in [4.69, 9.17) is 0 Å². The number of hydrogen-bond acceptors (Lipinski definition) is 5. The average molecular weight is 422 g/mol. The van der Waals surface area contributed by atoms with Crippen LogP contribution in [0, 0.1) is 11.7 Å². The number of imidazole rings is 1. The number of pyridine rings is 1. The highest BCUT2D eigenvalue weighted by atomic mass is 19.1. The number of H-pyrrole nitrogens is 1. The molecule has 1 amide bonds. The van der Waals surface area contributed by atoms with Gasteiger partial charge in [0.05, 0.1) is 11.8 Å². The van der Waals surface area contributed by atoms with E-state index in [1.165, 1.54) is 12.1 Å². The molecule has 3 aromatic heterocycles. The van der Waals surface area contributed by atoms with Gasteiger partial charge in [-0.2, -0.15) is 0 Å². The first-order valence-corrected chi connectivity index (χ1v) is 9.92. The number of aryl methyl sites for hydroxylation is 1. The van der Waals surface area contributed by atoms with E-state index < -0.39 is 23.4 Å². The fourth-order valence-corrected chi connectivity index (χ4v) is 3.57. The fourth-order valence-electron chi connectivity index (χ4n) is 3.57. The molecule has 3 N–H and O–H groups in total. The van der Waals surface area contributed by atoms with Gasteiger partial charge in [0.1, 0.15) is 17.0 Å². The lowest BCUT2D eigenvalue weighted by atomic mass is 10.1. The number of ketones is 1. The van der Waals surface area contributed by atoms with Crippen LogP contribution in [0.2, 0.25) is 0 Å². The Morgan fingerprint density at radius 2 is 2.00 bits per heavy atom. The first kappa shape index (κ1) is 20.5. The van der Waals surface area contributed by atoms with Gasteiger partial charge in [-0.1, -0.05) is 13.8 Å². The standard InChI is InChI=1S/C22H23FN6O2/c1-11(2)19(30)22(31)25-9-12-5-13(7-14(23)6-12)16-8-15-18-17(26-10-29(18)4)21(24-3)28-20(15)27-16/h5-8,10-11H,9H2,1-4H3,(H,25,31)(H2,24,27,28). The summed E-state index contributed by atoms with van der Waals surface area (Å²) in [5, 5.41) is 6.48. The topological polar surface area (TPSA) is 105 Å². The summed E-state index contributed by atoms with van der Waals surface area (Å²) in [6, 6.07) is 6.43. The van der Waals surface area contributed by atoms with Gasteiger partial charge in [0, 0.05) is 43.2 Å². The molecule has 160 valence electrons. The number of hydrogen-bond donors (Lipinski definition) is 3. The predicted molar refractivity (Wildman–Crippen MR) is 117 cm³/mol. The molecular weight excluding hydrogens is 399 g/mol. The Balaban J connectivity index is 1.71. The zero-order valence-electron chi connectivity index (χ0n) is 17.7. The number of carbonyl (C=O) groups excluding carboxylic acids is 2. The molecule has 3 heterocycles. The van der Waals surface area contributed by atoms with Gasteiger partial charge in [0.15, 0.2) is 5.82 Å². The lowest BCUT2D eigenvalue weighted by Crippen LogP contribution is -2.33. The molecule has 1 aromatic carbocycles. The van der Waals surface area contributed by atoms with Crippen LogP contribution in [0.3, 0.4) is 0 Å². The molecule has 0 aliphatic rings. The first-order chi connectivity index (χ1) is 14.8. The quantitative estimate of drug-likeness (QED) is 0.414. The molecular formula is C22H23FN6O2. The molecule has 0 spiro atoms. The van der Waals surface area contributed by atoms with Crippen LogP contribution in [0.15, 0.2) is 30.6 Å². The summed E-state index contributed by atoms with van der Waals surface area (Å²) in [6.45, 7) is 3.37. The van der Waals surface area contributed by atoms with Gasteiger partial charge in [-0.25, -0.2) is 14.4 Å². The normalized spacial score (nSPS) is 11.4.